The molecule has 0 aromatic heterocycles. The molecule has 1 saturated heterocycles. The van der Waals surface area contributed by atoms with Crippen LogP contribution in [-0.2, 0) is 16.0 Å². The summed E-state index contributed by atoms with van der Waals surface area (Å²) in [6.07, 6.45) is 2.24. The van der Waals surface area contributed by atoms with Gasteiger partial charge in [-0.3, -0.25) is 9.59 Å². The van der Waals surface area contributed by atoms with Crippen molar-refractivity contribution in [3.05, 3.63) is 34.9 Å². The van der Waals surface area contributed by atoms with Crippen molar-refractivity contribution < 1.29 is 9.59 Å². The number of piperidine rings is 1. The molecule has 1 fully saturated rings. The van der Waals surface area contributed by atoms with E-state index in [0.29, 0.717) is 18.0 Å². The summed E-state index contributed by atoms with van der Waals surface area (Å²) in [6.45, 7) is 8.86. The molecule has 1 aliphatic heterocycles. The molecule has 1 aromatic rings. The van der Waals surface area contributed by atoms with E-state index in [9.17, 15) is 9.59 Å². The van der Waals surface area contributed by atoms with E-state index in [1.54, 1.807) is 0 Å². The quantitative estimate of drug-likeness (QED) is 0.718. The van der Waals surface area contributed by atoms with E-state index < -0.39 is 11.8 Å². The van der Waals surface area contributed by atoms with E-state index in [1.807, 2.05) is 24.3 Å². The molecule has 1 heterocycles. The first-order valence-electron chi connectivity index (χ1n) is 8.69. The lowest BCUT2D eigenvalue weighted by atomic mass is 9.79. The van der Waals surface area contributed by atoms with Crippen LogP contribution in [0.1, 0.15) is 46.1 Å². The minimum atomic E-state index is -0.580. The van der Waals surface area contributed by atoms with Gasteiger partial charge >= 0.3 is 11.8 Å². The first-order chi connectivity index (χ1) is 11.6. The third-order valence-electron chi connectivity index (χ3n) is 4.34. The molecule has 2 amide bonds. The smallest absolute Gasteiger partial charge is 0.309 e. The normalized spacial score (nSPS) is 19.2. The summed E-state index contributed by atoms with van der Waals surface area (Å²) in [5.74, 6) is -1.14. The fraction of sp³-hybridized carbons (Fsp3) is 0.579. The number of carbonyl (C=O) groups excluding carboxylic acids is 2. The monoisotopic (exact) mass is 365 g/mol. The van der Waals surface area contributed by atoms with Crippen molar-refractivity contribution in [1.82, 2.24) is 16.0 Å². The third kappa shape index (κ3) is 6.33. The van der Waals surface area contributed by atoms with Gasteiger partial charge in [0.2, 0.25) is 0 Å². The van der Waals surface area contributed by atoms with Crippen LogP contribution >= 0.6 is 11.6 Å². The van der Waals surface area contributed by atoms with Crippen LogP contribution in [0.15, 0.2) is 24.3 Å². The Hall–Kier alpha value is -1.59. The molecule has 0 atom stereocenters. The van der Waals surface area contributed by atoms with Gasteiger partial charge in [-0.1, -0.05) is 23.7 Å². The number of amides is 2. The summed E-state index contributed by atoms with van der Waals surface area (Å²) in [5, 5.41) is 9.79. The molecule has 25 heavy (non-hydrogen) atoms. The van der Waals surface area contributed by atoms with Crippen LogP contribution in [0.2, 0.25) is 5.02 Å². The van der Waals surface area contributed by atoms with Crippen LogP contribution < -0.4 is 16.0 Å². The number of hydrogen-bond acceptors (Lipinski definition) is 3. The van der Waals surface area contributed by atoms with Gasteiger partial charge in [-0.25, -0.2) is 0 Å². The molecule has 6 heteroatoms. The van der Waals surface area contributed by atoms with Crippen molar-refractivity contribution in [2.75, 3.05) is 6.54 Å². The lowest BCUT2D eigenvalue weighted by Gasteiger charge is -2.46. The zero-order chi connectivity index (χ0) is 18.7. The number of carbonyl (C=O) groups is 2. The first-order valence-corrected chi connectivity index (χ1v) is 9.07. The van der Waals surface area contributed by atoms with Crippen LogP contribution in [0, 0.1) is 0 Å². The molecular formula is C19H28ClN3O2. The molecule has 0 unspecified atom stereocenters. The number of rotatable bonds is 4. The van der Waals surface area contributed by atoms with E-state index in [0.717, 1.165) is 18.4 Å². The van der Waals surface area contributed by atoms with Crippen molar-refractivity contribution in [2.45, 2.75) is 64.1 Å². The van der Waals surface area contributed by atoms with Crippen molar-refractivity contribution >= 4 is 23.4 Å². The Kier molecular flexibility index (Phi) is 6.12. The maximum absolute atomic E-state index is 12.2. The minimum Gasteiger partial charge on any atom is -0.348 e. The van der Waals surface area contributed by atoms with E-state index in [4.69, 9.17) is 11.6 Å². The molecule has 2 rings (SSSR count). The van der Waals surface area contributed by atoms with Crippen LogP contribution in [0.4, 0.5) is 0 Å². The van der Waals surface area contributed by atoms with E-state index in [2.05, 4.69) is 43.6 Å². The van der Waals surface area contributed by atoms with E-state index in [-0.39, 0.29) is 17.1 Å². The molecule has 5 nitrogen and oxygen atoms in total. The predicted molar refractivity (Wildman–Crippen MR) is 101 cm³/mol. The average Bonchev–Trinajstić information content (AvgIpc) is 2.45. The van der Waals surface area contributed by atoms with Crippen molar-refractivity contribution in [2.24, 2.45) is 0 Å². The molecule has 0 saturated carbocycles. The molecule has 0 spiro atoms. The SMILES string of the molecule is CC1(C)CC(NC(=O)C(=O)NCCc2ccc(Cl)cc2)CC(C)(C)N1. The van der Waals surface area contributed by atoms with Gasteiger partial charge in [0.1, 0.15) is 0 Å². The number of nitrogens with one attached hydrogen (secondary N) is 3. The van der Waals surface area contributed by atoms with E-state index >= 15 is 0 Å². The summed E-state index contributed by atoms with van der Waals surface area (Å²) in [4.78, 5) is 24.2. The summed E-state index contributed by atoms with van der Waals surface area (Å²) in [6, 6.07) is 7.43. The number of benzene rings is 1. The fourth-order valence-electron chi connectivity index (χ4n) is 3.73. The number of halogens is 1. The fourth-order valence-corrected chi connectivity index (χ4v) is 3.85. The predicted octanol–water partition coefficient (Wildman–Crippen LogP) is 2.42. The van der Waals surface area contributed by atoms with Crippen molar-refractivity contribution in [1.29, 1.82) is 0 Å². The Labute approximate surface area is 154 Å². The van der Waals surface area contributed by atoms with Gasteiger partial charge in [0.05, 0.1) is 0 Å². The first kappa shape index (κ1) is 19.7. The summed E-state index contributed by atoms with van der Waals surface area (Å²) in [5.41, 5.74) is 0.905. The molecule has 0 aliphatic carbocycles. The Morgan fingerprint density at radius 1 is 1.08 bits per heavy atom. The van der Waals surface area contributed by atoms with Crippen LogP contribution in [0.5, 0.6) is 0 Å². The van der Waals surface area contributed by atoms with Gasteiger partial charge in [0.25, 0.3) is 0 Å². The minimum absolute atomic E-state index is 0.0132. The topological polar surface area (TPSA) is 70.2 Å². The van der Waals surface area contributed by atoms with Crippen LogP contribution in [0.3, 0.4) is 0 Å². The number of hydrogen-bond donors (Lipinski definition) is 3. The maximum atomic E-state index is 12.2. The zero-order valence-electron chi connectivity index (χ0n) is 15.4. The zero-order valence-corrected chi connectivity index (χ0v) is 16.2. The van der Waals surface area contributed by atoms with Crippen LogP contribution in [-0.4, -0.2) is 35.5 Å². The molecule has 3 N–H and O–H groups in total. The molecule has 0 radical (unpaired) electrons. The van der Waals surface area contributed by atoms with E-state index in [1.165, 1.54) is 0 Å². The molecule has 138 valence electrons. The molecule has 1 aromatic carbocycles. The summed E-state index contributed by atoms with van der Waals surface area (Å²) >= 11 is 5.84. The highest BCUT2D eigenvalue weighted by atomic mass is 35.5. The highest BCUT2D eigenvalue weighted by molar-refractivity contribution is 6.35. The van der Waals surface area contributed by atoms with Crippen molar-refractivity contribution in [3.8, 4) is 0 Å². The molecular weight excluding hydrogens is 338 g/mol. The Morgan fingerprint density at radius 2 is 1.64 bits per heavy atom. The third-order valence-corrected chi connectivity index (χ3v) is 4.60. The largest absolute Gasteiger partial charge is 0.348 e. The standard InChI is InChI=1S/C19H28ClN3O2/c1-18(2)11-15(12-19(3,4)23-18)22-17(25)16(24)21-10-9-13-5-7-14(20)8-6-13/h5-8,15,23H,9-12H2,1-4H3,(H,21,24)(H,22,25). The Bertz CT molecular complexity index is 610. The Morgan fingerprint density at radius 3 is 2.20 bits per heavy atom. The lowest BCUT2D eigenvalue weighted by Crippen LogP contribution is -2.62. The lowest BCUT2D eigenvalue weighted by molar-refractivity contribution is -0.140. The van der Waals surface area contributed by atoms with Gasteiger partial charge < -0.3 is 16.0 Å². The molecule has 0 bridgehead atoms. The van der Waals surface area contributed by atoms with Gasteiger partial charge in [0.15, 0.2) is 0 Å². The van der Waals surface area contributed by atoms with Gasteiger partial charge in [-0.05, 0) is 64.7 Å². The highest BCUT2D eigenvalue weighted by Gasteiger charge is 2.38. The maximum Gasteiger partial charge on any atom is 0.309 e. The second-order valence-corrected chi connectivity index (χ2v) is 8.54. The van der Waals surface area contributed by atoms with Crippen LogP contribution in [0.25, 0.3) is 0 Å². The summed E-state index contributed by atoms with van der Waals surface area (Å²) < 4.78 is 0. The summed E-state index contributed by atoms with van der Waals surface area (Å²) in [7, 11) is 0. The highest BCUT2D eigenvalue weighted by Crippen LogP contribution is 2.28. The second-order valence-electron chi connectivity index (χ2n) is 8.10. The van der Waals surface area contributed by atoms with Gasteiger partial charge in [-0.15, -0.1) is 0 Å². The second kappa shape index (κ2) is 7.75. The van der Waals surface area contributed by atoms with Crippen molar-refractivity contribution in [3.63, 3.8) is 0 Å². The molecule has 1 aliphatic rings. The van der Waals surface area contributed by atoms with Gasteiger partial charge in [0, 0.05) is 28.7 Å². The Balaban J connectivity index is 1.79. The average molecular weight is 366 g/mol. The van der Waals surface area contributed by atoms with Gasteiger partial charge in [-0.2, -0.15) is 0 Å².